The Balaban J connectivity index is 1.43. The van der Waals surface area contributed by atoms with E-state index in [4.69, 9.17) is 4.74 Å². The Morgan fingerprint density at radius 2 is 1.30 bits per heavy atom. The summed E-state index contributed by atoms with van der Waals surface area (Å²) in [6.07, 6.45) is 24.2. The molecule has 2 unspecified atom stereocenters. The fourth-order valence-electron chi connectivity index (χ4n) is 5.08. The first kappa shape index (κ1) is 22.7. The van der Waals surface area contributed by atoms with Gasteiger partial charge >= 0.3 is 5.97 Å². The van der Waals surface area contributed by atoms with Crippen molar-refractivity contribution in [2.45, 2.75) is 141 Å². The van der Waals surface area contributed by atoms with Crippen molar-refractivity contribution in [2.24, 2.45) is 5.92 Å². The molecule has 1 saturated heterocycles. The zero-order chi connectivity index (χ0) is 19.4. The standard InChI is InChI=1S/C24H44O3/c1-2-3-4-5-6-7-8-9-10-11-12-13-17-20-22-24(27-22,23(25)26)21-18-15-14-16-19-21/h21-22H,2-20H2,1H3,(H,25,26). The van der Waals surface area contributed by atoms with Crippen molar-refractivity contribution in [3.8, 4) is 0 Å². The van der Waals surface area contributed by atoms with Gasteiger partial charge in [-0.05, 0) is 19.3 Å². The highest BCUT2D eigenvalue weighted by Crippen LogP contribution is 2.51. The van der Waals surface area contributed by atoms with Crippen LogP contribution in [0.25, 0.3) is 0 Å². The molecule has 1 saturated carbocycles. The van der Waals surface area contributed by atoms with E-state index in [1.807, 2.05) is 0 Å². The van der Waals surface area contributed by atoms with Crippen LogP contribution in [-0.4, -0.2) is 22.8 Å². The summed E-state index contributed by atoms with van der Waals surface area (Å²) in [6, 6.07) is 0. The molecule has 0 aromatic rings. The molecule has 0 aromatic carbocycles. The van der Waals surface area contributed by atoms with Gasteiger partial charge in [0.15, 0.2) is 5.60 Å². The van der Waals surface area contributed by atoms with Crippen molar-refractivity contribution in [3.05, 3.63) is 0 Å². The van der Waals surface area contributed by atoms with Gasteiger partial charge in [-0.15, -0.1) is 0 Å². The van der Waals surface area contributed by atoms with Gasteiger partial charge < -0.3 is 9.84 Å². The first-order valence-corrected chi connectivity index (χ1v) is 12.1. The van der Waals surface area contributed by atoms with Gasteiger partial charge in [0.1, 0.15) is 0 Å². The van der Waals surface area contributed by atoms with Crippen LogP contribution in [0, 0.1) is 5.92 Å². The average molecular weight is 381 g/mol. The highest BCUT2D eigenvalue weighted by Gasteiger charge is 2.66. The topological polar surface area (TPSA) is 49.8 Å². The molecule has 0 aromatic heterocycles. The van der Waals surface area contributed by atoms with Crippen LogP contribution in [0.15, 0.2) is 0 Å². The molecule has 27 heavy (non-hydrogen) atoms. The molecular formula is C24H44O3. The average Bonchev–Trinajstić information content (AvgIpc) is 3.42. The number of epoxide rings is 1. The second-order valence-corrected chi connectivity index (χ2v) is 9.07. The maximum Gasteiger partial charge on any atom is 0.339 e. The molecule has 3 heteroatoms. The number of unbranched alkanes of at least 4 members (excludes halogenated alkanes) is 12. The van der Waals surface area contributed by atoms with Crippen LogP contribution in [0.5, 0.6) is 0 Å². The molecule has 2 aliphatic rings. The van der Waals surface area contributed by atoms with Crippen LogP contribution in [0.4, 0.5) is 0 Å². The van der Waals surface area contributed by atoms with Crippen molar-refractivity contribution in [2.75, 3.05) is 0 Å². The van der Waals surface area contributed by atoms with E-state index in [-0.39, 0.29) is 12.0 Å². The number of carboxylic acid groups (broad SMARTS) is 1. The lowest BCUT2D eigenvalue weighted by Crippen LogP contribution is -2.37. The van der Waals surface area contributed by atoms with Gasteiger partial charge in [-0.1, -0.05) is 110 Å². The zero-order valence-electron chi connectivity index (χ0n) is 17.9. The van der Waals surface area contributed by atoms with Crippen molar-refractivity contribution in [1.29, 1.82) is 0 Å². The Morgan fingerprint density at radius 1 is 0.815 bits per heavy atom. The monoisotopic (exact) mass is 380 g/mol. The van der Waals surface area contributed by atoms with Crippen molar-refractivity contribution in [1.82, 2.24) is 0 Å². The summed E-state index contributed by atoms with van der Waals surface area (Å²) in [4.78, 5) is 11.8. The normalized spacial score (nSPS) is 25.6. The van der Waals surface area contributed by atoms with E-state index in [2.05, 4.69) is 6.92 Å². The number of carbonyl (C=O) groups is 1. The predicted octanol–water partition coefficient (Wildman–Crippen LogP) is 7.27. The summed E-state index contributed by atoms with van der Waals surface area (Å²) >= 11 is 0. The molecule has 1 heterocycles. The third kappa shape index (κ3) is 7.40. The van der Waals surface area contributed by atoms with Crippen molar-refractivity contribution < 1.29 is 14.6 Å². The van der Waals surface area contributed by atoms with Crippen LogP contribution >= 0.6 is 0 Å². The Bertz CT molecular complexity index is 402. The fourth-order valence-corrected chi connectivity index (χ4v) is 5.08. The summed E-state index contributed by atoms with van der Waals surface area (Å²) < 4.78 is 5.81. The van der Waals surface area contributed by atoms with Gasteiger partial charge in [-0.3, -0.25) is 0 Å². The van der Waals surface area contributed by atoms with Gasteiger partial charge in [0.2, 0.25) is 0 Å². The Morgan fingerprint density at radius 3 is 1.78 bits per heavy atom. The molecule has 0 spiro atoms. The van der Waals surface area contributed by atoms with Crippen LogP contribution in [0.3, 0.4) is 0 Å². The smallest absolute Gasteiger partial charge is 0.339 e. The quantitative estimate of drug-likeness (QED) is 0.226. The van der Waals surface area contributed by atoms with Crippen LogP contribution < -0.4 is 0 Å². The van der Waals surface area contributed by atoms with Gasteiger partial charge in [0.25, 0.3) is 0 Å². The Hall–Kier alpha value is -0.570. The first-order chi connectivity index (χ1) is 13.2. The van der Waals surface area contributed by atoms with E-state index < -0.39 is 11.6 Å². The maximum absolute atomic E-state index is 11.8. The number of carboxylic acids is 1. The molecule has 2 fully saturated rings. The number of aliphatic carboxylic acids is 1. The summed E-state index contributed by atoms with van der Waals surface area (Å²) in [5.41, 5.74) is -0.808. The Labute approximate surface area is 167 Å². The highest BCUT2D eigenvalue weighted by molar-refractivity contribution is 5.82. The lowest BCUT2D eigenvalue weighted by atomic mass is 9.77. The molecule has 1 aliphatic heterocycles. The zero-order valence-corrected chi connectivity index (χ0v) is 17.9. The predicted molar refractivity (Wildman–Crippen MR) is 112 cm³/mol. The summed E-state index contributed by atoms with van der Waals surface area (Å²) in [5.74, 6) is -0.440. The summed E-state index contributed by atoms with van der Waals surface area (Å²) in [6.45, 7) is 2.27. The number of rotatable bonds is 16. The maximum atomic E-state index is 11.8. The van der Waals surface area contributed by atoms with Crippen LogP contribution in [0.2, 0.25) is 0 Å². The van der Waals surface area contributed by atoms with Crippen LogP contribution in [-0.2, 0) is 9.53 Å². The van der Waals surface area contributed by atoms with Gasteiger partial charge in [-0.2, -0.15) is 0 Å². The molecule has 0 radical (unpaired) electrons. The number of hydrogen-bond acceptors (Lipinski definition) is 2. The summed E-state index contributed by atoms with van der Waals surface area (Å²) in [5, 5.41) is 9.71. The lowest BCUT2D eigenvalue weighted by molar-refractivity contribution is -0.146. The molecule has 2 rings (SSSR count). The largest absolute Gasteiger partial charge is 0.479 e. The summed E-state index contributed by atoms with van der Waals surface area (Å²) in [7, 11) is 0. The molecule has 0 amide bonds. The van der Waals surface area contributed by atoms with E-state index in [1.165, 1.54) is 96.3 Å². The third-order valence-corrected chi connectivity index (χ3v) is 6.87. The van der Waals surface area contributed by atoms with Crippen LogP contribution in [0.1, 0.15) is 129 Å². The van der Waals surface area contributed by atoms with Gasteiger partial charge in [0, 0.05) is 5.92 Å². The second kappa shape index (κ2) is 12.8. The fraction of sp³-hybridized carbons (Fsp3) is 0.958. The van der Waals surface area contributed by atoms with E-state index in [9.17, 15) is 9.90 Å². The van der Waals surface area contributed by atoms with E-state index >= 15 is 0 Å². The van der Waals surface area contributed by atoms with E-state index in [0.717, 1.165) is 25.7 Å². The van der Waals surface area contributed by atoms with Gasteiger partial charge in [-0.25, -0.2) is 4.79 Å². The lowest BCUT2D eigenvalue weighted by Gasteiger charge is -2.25. The minimum Gasteiger partial charge on any atom is -0.479 e. The molecule has 158 valence electrons. The third-order valence-electron chi connectivity index (χ3n) is 6.87. The molecular weight excluding hydrogens is 336 g/mol. The van der Waals surface area contributed by atoms with Gasteiger partial charge in [0.05, 0.1) is 6.10 Å². The molecule has 1 N–H and O–H groups in total. The number of hydrogen-bond donors (Lipinski definition) is 1. The molecule has 1 aliphatic carbocycles. The SMILES string of the molecule is CCCCCCCCCCCCCCCC1OC1(C(=O)O)C1CCCCC1. The molecule has 3 nitrogen and oxygen atoms in total. The van der Waals surface area contributed by atoms with E-state index in [0.29, 0.717) is 0 Å². The van der Waals surface area contributed by atoms with E-state index in [1.54, 1.807) is 0 Å². The second-order valence-electron chi connectivity index (χ2n) is 9.07. The Kier molecular flexibility index (Phi) is 10.8. The molecule has 0 bridgehead atoms. The minimum absolute atomic E-state index is 0.00851. The van der Waals surface area contributed by atoms with Crippen molar-refractivity contribution >= 4 is 5.97 Å². The first-order valence-electron chi connectivity index (χ1n) is 12.1. The molecule has 2 atom stereocenters. The number of ether oxygens (including phenoxy) is 1. The minimum atomic E-state index is -0.808. The van der Waals surface area contributed by atoms with Crippen molar-refractivity contribution in [3.63, 3.8) is 0 Å². The highest BCUT2D eigenvalue weighted by atomic mass is 16.6.